The van der Waals surface area contributed by atoms with Crippen LogP contribution in [0.25, 0.3) is 0 Å². The predicted octanol–water partition coefficient (Wildman–Crippen LogP) is 2.84. The van der Waals surface area contributed by atoms with Gasteiger partial charge in [0, 0.05) is 18.2 Å². The van der Waals surface area contributed by atoms with Crippen molar-refractivity contribution in [3.8, 4) is 0 Å². The Morgan fingerprint density at radius 2 is 2.05 bits per heavy atom. The maximum Gasteiger partial charge on any atom is 0.249 e. The first-order chi connectivity index (χ1) is 9.16. The van der Waals surface area contributed by atoms with Gasteiger partial charge < -0.3 is 11.1 Å². The minimum Gasteiger partial charge on any atom is -0.366 e. The highest BCUT2D eigenvalue weighted by Gasteiger charge is 2.16. The number of primary amides is 1. The molecular formula is C16H24N2O. The molecule has 3 N–H and O–H groups in total. The Bertz CT molecular complexity index is 431. The molecule has 1 fully saturated rings. The molecule has 19 heavy (non-hydrogen) atoms. The lowest BCUT2D eigenvalue weighted by molar-refractivity contribution is 0.0999. The van der Waals surface area contributed by atoms with Crippen LogP contribution in [0.3, 0.4) is 0 Å². The van der Waals surface area contributed by atoms with E-state index in [1.807, 2.05) is 18.2 Å². The van der Waals surface area contributed by atoms with Crippen LogP contribution in [-0.2, 0) is 6.54 Å². The lowest BCUT2D eigenvalue weighted by Crippen LogP contribution is -2.29. The first-order valence-corrected chi connectivity index (χ1v) is 7.28. The minimum absolute atomic E-state index is 0.341. The molecule has 2 unspecified atom stereocenters. The van der Waals surface area contributed by atoms with E-state index in [2.05, 4.69) is 12.2 Å². The van der Waals surface area contributed by atoms with Gasteiger partial charge in [-0.15, -0.1) is 0 Å². The summed E-state index contributed by atoms with van der Waals surface area (Å²) < 4.78 is 0. The van der Waals surface area contributed by atoms with Gasteiger partial charge >= 0.3 is 0 Å². The number of rotatable bonds is 4. The molecule has 1 saturated carbocycles. The molecule has 1 amide bonds. The van der Waals surface area contributed by atoms with Crippen LogP contribution in [0.5, 0.6) is 0 Å². The van der Waals surface area contributed by atoms with Crippen LogP contribution in [0.1, 0.15) is 54.9 Å². The lowest BCUT2D eigenvalue weighted by atomic mass is 10.0. The Kier molecular flexibility index (Phi) is 4.97. The van der Waals surface area contributed by atoms with E-state index in [-0.39, 0.29) is 5.91 Å². The van der Waals surface area contributed by atoms with Crippen molar-refractivity contribution >= 4 is 5.91 Å². The highest BCUT2D eigenvalue weighted by Crippen LogP contribution is 2.23. The molecule has 2 atom stereocenters. The largest absolute Gasteiger partial charge is 0.366 e. The number of nitrogens with one attached hydrogen (secondary N) is 1. The Morgan fingerprint density at radius 1 is 1.26 bits per heavy atom. The van der Waals surface area contributed by atoms with E-state index < -0.39 is 0 Å². The molecule has 0 radical (unpaired) electrons. The molecule has 1 aliphatic rings. The van der Waals surface area contributed by atoms with Crippen LogP contribution in [0.4, 0.5) is 0 Å². The zero-order chi connectivity index (χ0) is 13.7. The van der Waals surface area contributed by atoms with E-state index in [0.717, 1.165) is 18.0 Å². The SMILES string of the molecule is CC1CCCC(NCc2ccccc2C(N)=O)CC1. The normalized spacial score (nSPS) is 23.8. The van der Waals surface area contributed by atoms with Crippen molar-refractivity contribution in [2.75, 3.05) is 0 Å². The number of hydrogen-bond acceptors (Lipinski definition) is 2. The van der Waals surface area contributed by atoms with E-state index in [1.54, 1.807) is 6.07 Å². The van der Waals surface area contributed by atoms with Gasteiger partial charge in [0.1, 0.15) is 0 Å². The van der Waals surface area contributed by atoms with Crippen molar-refractivity contribution in [3.05, 3.63) is 35.4 Å². The van der Waals surface area contributed by atoms with Crippen LogP contribution < -0.4 is 11.1 Å². The van der Waals surface area contributed by atoms with E-state index in [4.69, 9.17) is 5.73 Å². The summed E-state index contributed by atoms with van der Waals surface area (Å²) in [4.78, 5) is 11.4. The maximum atomic E-state index is 11.4. The van der Waals surface area contributed by atoms with E-state index in [1.165, 1.54) is 32.1 Å². The lowest BCUT2D eigenvalue weighted by Gasteiger charge is -2.17. The quantitative estimate of drug-likeness (QED) is 0.818. The average Bonchev–Trinajstić information content (AvgIpc) is 2.61. The maximum absolute atomic E-state index is 11.4. The molecule has 2 rings (SSSR count). The zero-order valence-corrected chi connectivity index (χ0v) is 11.7. The second-order valence-corrected chi connectivity index (χ2v) is 5.71. The first kappa shape index (κ1) is 14.1. The van der Waals surface area contributed by atoms with Crippen molar-refractivity contribution in [2.24, 2.45) is 11.7 Å². The highest BCUT2D eigenvalue weighted by atomic mass is 16.1. The van der Waals surface area contributed by atoms with Crippen LogP contribution in [0.2, 0.25) is 0 Å². The molecule has 0 aliphatic heterocycles. The fraction of sp³-hybridized carbons (Fsp3) is 0.562. The number of hydrogen-bond donors (Lipinski definition) is 2. The van der Waals surface area contributed by atoms with Gasteiger partial charge in [-0.3, -0.25) is 4.79 Å². The van der Waals surface area contributed by atoms with Crippen molar-refractivity contribution < 1.29 is 4.79 Å². The minimum atomic E-state index is -0.341. The van der Waals surface area contributed by atoms with Gasteiger partial charge in [0.15, 0.2) is 0 Å². The van der Waals surface area contributed by atoms with Crippen LogP contribution in [-0.4, -0.2) is 11.9 Å². The van der Waals surface area contributed by atoms with E-state index in [9.17, 15) is 4.79 Å². The summed E-state index contributed by atoms with van der Waals surface area (Å²) in [6, 6.07) is 8.17. The topological polar surface area (TPSA) is 55.1 Å². The number of carbonyl (C=O) groups is 1. The Balaban J connectivity index is 1.93. The monoisotopic (exact) mass is 260 g/mol. The number of carbonyl (C=O) groups excluding carboxylic acids is 1. The zero-order valence-electron chi connectivity index (χ0n) is 11.7. The molecule has 0 saturated heterocycles. The second-order valence-electron chi connectivity index (χ2n) is 5.71. The van der Waals surface area contributed by atoms with Gasteiger partial charge in [-0.1, -0.05) is 38.0 Å². The summed E-state index contributed by atoms with van der Waals surface area (Å²) in [7, 11) is 0. The summed E-state index contributed by atoms with van der Waals surface area (Å²) in [6.07, 6.45) is 6.42. The molecule has 0 spiro atoms. The molecular weight excluding hydrogens is 236 g/mol. The Hall–Kier alpha value is -1.35. The molecule has 3 nitrogen and oxygen atoms in total. The van der Waals surface area contributed by atoms with Gasteiger partial charge in [-0.2, -0.15) is 0 Å². The average molecular weight is 260 g/mol. The van der Waals surface area contributed by atoms with Crippen molar-refractivity contribution in [1.82, 2.24) is 5.32 Å². The van der Waals surface area contributed by atoms with Gasteiger partial charge in [-0.25, -0.2) is 0 Å². The fourth-order valence-electron chi connectivity index (χ4n) is 2.86. The van der Waals surface area contributed by atoms with Crippen LogP contribution in [0, 0.1) is 5.92 Å². The summed E-state index contributed by atoms with van der Waals surface area (Å²) in [6.45, 7) is 3.07. The highest BCUT2D eigenvalue weighted by molar-refractivity contribution is 5.94. The molecule has 0 aromatic heterocycles. The van der Waals surface area contributed by atoms with E-state index >= 15 is 0 Å². The number of amides is 1. The van der Waals surface area contributed by atoms with Crippen LogP contribution >= 0.6 is 0 Å². The van der Waals surface area contributed by atoms with Crippen molar-refractivity contribution in [3.63, 3.8) is 0 Å². The van der Waals surface area contributed by atoms with Crippen molar-refractivity contribution in [1.29, 1.82) is 0 Å². The summed E-state index contributed by atoms with van der Waals surface area (Å²) >= 11 is 0. The standard InChI is InChI=1S/C16H24N2O/c1-12-5-4-7-14(10-9-12)18-11-13-6-2-3-8-15(13)16(17)19/h2-3,6,8,12,14,18H,4-5,7,9-11H2,1H3,(H2,17,19). The van der Waals surface area contributed by atoms with Gasteiger partial charge in [0.25, 0.3) is 0 Å². The molecule has 1 aromatic rings. The molecule has 1 aromatic carbocycles. The Morgan fingerprint density at radius 3 is 2.84 bits per heavy atom. The second kappa shape index (κ2) is 6.71. The van der Waals surface area contributed by atoms with E-state index in [0.29, 0.717) is 11.6 Å². The third-order valence-corrected chi connectivity index (χ3v) is 4.12. The summed E-state index contributed by atoms with van der Waals surface area (Å²) in [5.74, 6) is 0.511. The molecule has 0 bridgehead atoms. The smallest absolute Gasteiger partial charge is 0.249 e. The fourth-order valence-corrected chi connectivity index (χ4v) is 2.86. The summed E-state index contributed by atoms with van der Waals surface area (Å²) in [5.41, 5.74) is 7.04. The Labute approximate surface area is 115 Å². The molecule has 0 heterocycles. The molecule has 104 valence electrons. The van der Waals surface area contributed by atoms with Gasteiger partial charge in [-0.05, 0) is 36.8 Å². The van der Waals surface area contributed by atoms with Crippen molar-refractivity contribution in [2.45, 2.75) is 51.6 Å². The van der Waals surface area contributed by atoms with Crippen LogP contribution in [0.15, 0.2) is 24.3 Å². The third-order valence-electron chi connectivity index (χ3n) is 4.12. The molecule has 1 aliphatic carbocycles. The number of benzene rings is 1. The number of nitrogens with two attached hydrogens (primary N) is 1. The van der Waals surface area contributed by atoms with Gasteiger partial charge in [0.2, 0.25) is 5.91 Å². The summed E-state index contributed by atoms with van der Waals surface area (Å²) in [5, 5.41) is 3.59. The van der Waals surface area contributed by atoms with Gasteiger partial charge in [0.05, 0.1) is 0 Å². The third kappa shape index (κ3) is 4.06. The predicted molar refractivity (Wildman–Crippen MR) is 77.8 cm³/mol. The molecule has 3 heteroatoms. The first-order valence-electron chi connectivity index (χ1n) is 7.28.